The lowest BCUT2D eigenvalue weighted by Crippen LogP contribution is -2.20. The number of phenolic OH excluding ortho intramolecular Hbond substituents is 2. The number of phenols is 2. The van der Waals surface area contributed by atoms with Crippen LogP contribution >= 0.6 is 11.6 Å². The number of rotatable bonds is 4. The first-order valence-electron chi connectivity index (χ1n) is 6.66. The molecule has 0 aliphatic rings. The molecular formula is C16H15ClN2O3. The first-order valence-corrected chi connectivity index (χ1v) is 7.04. The van der Waals surface area contributed by atoms with Crippen LogP contribution in [0.1, 0.15) is 29.3 Å². The molecule has 2 aromatic rings. The molecule has 0 saturated carbocycles. The molecule has 0 aliphatic heterocycles. The Labute approximate surface area is 132 Å². The standard InChI is InChI=1S/C16H15ClN2O3/c1-2-14(12-9-10(20)7-8-15(12)21)18-19-16(22)11-5-3-4-6-13(11)17/h3-9,20-21H,2H2,1H3,(H,19,22)/b18-14+. The van der Waals surface area contributed by atoms with E-state index in [9.17, 15) is 15.0 Å². The Hall–Kier alpha value is -2.53. The molecule has 0 heterocycles. The van der Waals surface area contributed by atoms with Gasteiger partial charge in [-0.05, 0) is 36.8 Å². The lowest BCUT2D eigenvalue weighted by Gasteiger charge is -2.08. The number of halogens is 1. The van der Waals surface area contributed by atoms with Crippen LogP contribution in [-0.4, -0.2) is 21.8 Å². The predicted octanol–water partition coefficient (Wildman–Crippen LogP) is 3.30. The van der Waals surface area contributed by atoms with Crippen molar-refractivity contribution in [3.05, 3.63) is 58.6 Å². The molecule has 114 valence electrons. The molecule has 0 spiro atoms. The number of hydrogen-bond acceptors (Lipinski definition) is 4. The Kier molecular flexibility index (Phi) is 5.01. The topological polar surface area (TPSA) is 81.9 Å². The van der Waals surface area contributed by atoms with Crippen molar-refractivity contribution in [3.8, 4) is 11.5 Å². The first kappa shape index (κ1) is 15.9. The van der Waals surface area contributed by atoms with Gasteiger partial charge in [0.2, 0.25) is 0 Å². The summed E-state index contributed by atoms with van der Waals surface area (Å²) in [6.07, 6.45) is 0.458. The average Bonchev–Trinajstić information content (AvgIpc) is 2.51. The van der Waals surface area contributed by atoms with Gasteiger partial charge in [0, 0.05) is 5.56 Å². The second-order valence-corrected chi connectivity index (χ2v) is 4.94. The maximum absolute atomic E-state index is 12.1. The van der Waals surface area contributed by atoms with E-state index in [0.717, 1.165) is 0 Å². The summed E-state index contributed by atoms with van der Waals surface area (Å²) in [5.74, 6) is -0.465. The largest absolute Gasteiger partial charge is 0.508 e. The minimum Gasteiger partial charge on any atom is -0.508 e. The summed E-state index contributed by atoms with van der Waals surface area (Å²) in [4.78, 5) is 12.1. The zero-order chi connectivity index (χ0) is 16.1. The number of carbonyl (C=O) groups excluding carboxylic acids is 1. The number of hydrogen-bond donors (Lipinski definition) is 3. The number of nitrogens with zero attached hydrogens (tertiary/aromatic N) is 1. The van der Waals surface area contributed by atoms with E-state index >= 15 is 0 Å². The van der Waals surface area contributed by atoms with Crippen LogP contribution in [0.2, 0.25) is 5.02 Å². The minimum atomic E-state index is -0.448. The molecule has 0 bridgehead atoms. The fraction of sp³-hybridized carbons (Fsp3) is 0.125. The van der Waals surface area contributed by atoms with Gasteiger partial charge in [-0.3, -0.25) is 4.79 Å². The van der Waals surface area contributed by atoms with Crippen LogP contribution in [0.25, 0.3) is 0 Å². The highest BCUT2D eigenvalue weighted by molar-refractivity contribution is 6.33. The van der Waals surface area contributed by atoms with E-state index in [2.05, 4.69) is 10.5 Å². The minimum absolute atomic E-state index is 0.00591. The fourth-order valence-corrected chi connectivity index (χ4v) is 2.13. The monoisotopic (exact) mass is 318 g/mol. The summed E-state index contributed by atoms with van der Waals surface area (Å²) in [5.41, 5.74) is 3.52. The number of hydrazone groups is 1. The van der Waals surface area contributed by atoms with Crippen LogP contribution in [0, 0.1) is 0 Å². The van der Waals surface area contributed by atoms with E-state index in [1.807, 2.05) is 6.92 Å². The number of benzene rings is 2. The third kappa shape index (κ3) is 3.56. The number of aromatic hydroxyl groups is 2. The molecule has 5 nitrogen and oxygen atoms in total. The van der Waals surface area contributed by atoms with Crippen molar-refractivity contribution in [2.45, 2.75) is 13.3 Å². The van der Waals surface area contributed by atoms with Gasteiger partial charge in [-0.2, -0.15) is 5.10 Å². The molecule has 0 aromatic heterocycles. The van der Waals surface area contributed by atoms with E-state index in [1.165, 1.54) is 18.2 Å². The van der Waals surface area contributed by atoms with Crippen LogP contribution in [0.4, 0.5) is 0 Å². The van der Waals surface area contributed by atoms with Gasteiger partial charge >= 0.3 is 0 Å². The third-order valence-corrected chi connectivity index (χ3v) is 3.37. The molecule has 0 saturated heterocycles. The summed E-state index contributed by atoms with van der Waals surface area (Å²) in [6, 6.07) is 10.8. The van der Waals surface area contributed by atoms with Crippen molar-refractivity contribution in [2.75, 3.05) is 0 Å². The second kappa shape index (κ2) is 6.95. The normalized spacial score (nSPS) is 11.3. The Morgan fingerprint density at radius 3 is 2.59 bits per heavy atom. The average molecular weight is 319 g/mol. The van der Waals surface area contributed by atoms with Crippen molar-refractivity contribution in [3.63, 3.8) is 0 Å². The van der Waals surface area contributed by atoms with Crippen molar-refractivity contribution in [2.24, 2.45) is 5.10 Å². The third-order valence-electron chi connectivity index (χ3n) is 3.04. The van der Waals surface area contributed by atoms with Gasteiger partial charge < -0.3 is 10.2 Å². The Bertz CT molecular complexity index is 729. The molecule has 1 amide bonds. The van der Waals surface area contributed by atoms with Crippen molar-refractivity contribution in [1.82, 2.24) is 5.43 Å². The van der Waals surface area contributed by atoms with Gasteiger partial charge in [0.25, 0.3) is 5.91 Å². The van der Waals surface area contributed by atoms with Crippen LogP contribution in [0.15, 0.2) is 47.6 Å². The maximum Gasteiger partial charge on any atom is 0.272 e. The molecule has 0 atom stereocenters. The van der Waals surface area contributed by atoms with E-state index < -0.39 is 5.91 Å². The molecule has 22 heavy (non-hydrogen) atoms. The molecule has 6 heteroatoms. The van der Waals surface area contributed by atoms with E-state index in [0.29, 0.717) is 28.3 Å². The summed E-state index contributed by atoms with van der Waals surface area (Å²) in [5, 5.41) is 23.7. The zero-order valence-electron chi connectivity index (χ0n) is 11.9. The Balaban J connectivity index is 2.25. The van der Waals surface area contributed by atoms with Crippen molar-refractivity contribution >= 4 is 23.2 Å². The SMILES string of the molecule is CC/C(=N\NC(=O)c1ccccc1Cl)c1cc(O)ccc1O. The molecule has 0 aliphatic carbocycles. The van der Waals surface area contributed by atoms with Gasteiger partial charge in [-0.25, -0.2) is 5.43 Å². The fourth-order valence-electron chi connectivity index (χ4n) is 1.91. The summed E-state index contributed by atoms with van der Waals surface area (Å²) in [6.45, 7) is 1.82. The first-order chi connectivity index (χ1) is 10.5. The maximum atomic E-state index is 12.1. The van der Waals surface area contributed by atoms with E-state index in [4.69, 9.17) is 11.6 Å². The van der Waals surface area contributed by atoms with Crippen LogP contribution < -0.4 is 5.43 Å². The van der Waals surface area contributed by atoms with E-state index in [-0.39, 0.29) is 11.5 Å². The van der Waals surface area contributed by atoms with Crippen molar-refractivity contribution in [1.29, 1.82) is 0 Å². The highest BCUT2D eigenvalue weighted by Gasteiger charge is 2.12. The molecule has 0 fully saturated rings. The van der Waals surface area contributed by atoms with Crippen LogP contribution in [0.3, 0.4) is 0 Å². The summed E-state index contributed by atoms with van der Waals surface area (Å²) >= 11 is 5.95. The second-order valence-electron chi connectivity index (χ2n) is 4.53. The summed E-state index contributed by atoms with van der Waals surface area (Å²) in [7, 11) is 0. The lowest BCUT2D eigenvalue weighted by atomic mass is 10.1. The van der Waals surface area contributed by atoms with Gasteiger partial charge in [0.05, 0.1) is 16.3 Å². The molecule has 3 N–H and O–H groups in total. The molecular weight excluding hydrogens is 304 g/mol. The lowest BCUT2D eigenvalue weighted by molar-refractivity contribution is 0.0955. The van der Waals surface area contributed by atoms with Gasteiger partial charge in [0.1, 0.15) is 11.5 Å². The predicted molar refractivity (Wildman–Crippen MR) is 85.5 cm³/mol. The number of carbonyl (C=O) groups is 1. The van der Waals surface area contributed by atoms with Gasteiger partial charge in [-0.15, -0.1) is 0 Å². The van der Waals surface area contributed by atoms with E-state index in [1.54, 1.807) is 24.3 Å². The highest BCUT2D eigenvalue weighted by atomic mass is 35.5. The summed E-state index contributed by atoms with van der Waals surface area (Å²) < 4.78 is 0. The van der Waals surface area contributed by atoms with Crippen LogP contribution in [0.5, 0.6) is 11.5 Å². The zero-order valence-corrected chi connectivity index (χ0v) is 12.6. The number of nitrogens with one attached hydrogen (secondary N) is 1. The Morgan fingerprint density at radius 1 is 1.18 bits per heavy atom. The molecule has 0 unspecified atom stereocenters. The van der Waals surface area contributed by atoms with Gasteiger partial charge in [-0.1, -0.05) is 30.7 Å². The molecule has 0 radical (unpaired) electrons. The molecule has 2 rings (SSSR count). The highest BCUT2D eigenvalue weighted by Crippen LogP contribution is 2.23. The molecule has 2 aromatic carbocycles. The van der Waals surface area contributed by atoms with Crippen LogP contribution in [-0.2, 0) is 0 Å². The van der Waals surface area contributed by atoms with Gasteiger partial charge in [0.15, 0.2) is 0 Å². The number of amides is 1. The smallest absolute Gasteiger partial charge is 0.272 e. The van der Waals surface area contributed by atoms with Crippen molar-refractivity contribution < 1.29 is 15.0 Å². The Morgan fingerprint density at radius 2 is 1.91 bits per heavy atom. The quantitative estimate of drug-likeness (QED) is 0.459.